The first kappa shape index (κ1) is 13.9. The van der Waals surface area contributed by atoms with Crippen molar-refractivity contribution in [3.8, 4) is 0 Å². The van der Waals surface area contributed by atoms with E-state index in [2.05, 4.69) is 0 Å². The number of fused-ring (bicyclic) bond motifs is 1. The number of benzene rings is 2. The average molecular weight is 304 g/mol. The summed E-state index contributed by atoms with van der Waals surface area (Å²) in [5.41, 5.74) is 1.38. The summed E-state index contributed by atoms with van der Waals surface area (Å²) >= 11 is 0. The van der Waals surface area contributed by atoms with Gasteiger partial charge < -0.3 is 0 Å². The van der Waals surface area contributed by atoms with Gasteiger partial charge in [-0.25, -0.2) is 12.8 Å². The van der Waals surface area contributed by atoms with Crippen molar-refractivity contribution in [3.63, 3.8) is 0 Å². The van der Waals surface area contributed by atoms with Crippen LogP contribution in [-0.2, 0) is 16.3 Å². The molecule has 2 aromatic carbocycles. The van der Waals surface area contributed by atoms with E-state index >= 15 is 0 Å². The van der Waals surface area contributed by atoms with Crippen LogP contribution < -0.4 is 0 Å². The summed E-state index contributed by atoms with van der Waals surface area (Å²) in [6.07, 6.45) is 2.04. The molecule has 108 valence electrons. The van der Waals surface area contributed by atoms with Crippen LogP contribution in [0.3, 0.4) is 0 Å². The first-order chi connectivity index (χ1) is 9.98. The summed E-state index contributed by atoms with van der Waals surface area (Å²) in [4.78, 5) is 12.0. The monoisotopic (exact) mass is 304 g/mol. The molecule has 0 bridgehead atoms. The highest BCUT2D eigenvalue weighted by molar-refractivity contribution is 7.91. The summed E-state index contributed by atoms with van der Waals surface area (Å²) in [7, 11) is -3.73. The van der Waals surface area contributed by atoms with E-state index in [1.165, 1.54) is 24.3 Å². The molecular formula is C16H13FO3S. The molecule has 1 aliphatic carbocycles. The number of ketones is 1. The Kier molecular flexibility index (Phi) is 3.37. The summed E-state index contributed by atoms with van der Waals surface area (Å²) in [5, 5.41) is 0. The fraction of sp³-hybridized carbons (Fsp3) is 0.188. The van der Waals surface area contributed by atoms with Crippen LogP contribution in [0.1, 0.15) is 28.8 Å². The molecule has 0 heterocycles. The Morgan fingerprint density at radius 1 is 0.905 bits per heavy atom. The Morgan fingerprint density at radius 2 is 1.57 bits per heavy atom. The number of sulfone groups is 1. The van der Waals surface area contributed by atoms with Crippen LogP contribution in [0.4, 0.5) is 4.39 Å². The van der Waals surface area contributed by atoms with E-state index in [0.29, 0.717) is 12.0 Å². The molecule has 3 rings (SSSR count). The van der Waals surface area contributed by atoms with E-state index in [-0.39, 0.29) is 15.6 Å². The number of carbonyl (C=O) groups is 1. The summed E-state index contributed by atoms with van der Waals surface area (Å²) in [5.74, 6) is -0.512. The van der Waals surface area contributed by atoms with Crippen LogP contribution in [0.2, 0.25) is 0 Å². The number of Topliss-reactive ketones (excluding diaryl/α,β-unsaturated/α-hetero) is 1. The Labute approximate surface area is 122 Å². The zero-order chi connectivity index (χ0) is 15.0. The zero-order valence-electron chi connectivity index (χ0n) is 11.2. The molecule has 0 atom stereocenters. The van der Waals surface area contributed by atoms with Crippen molar-refractivity contribution in [2.75, 3.05) is 0 Å². The molecular weight excluding hydrogens is 291 g/mol. The maximum Gasteiger partial charge on any atom is 0.206 e. The molecule has 0 unspecified atom stereocenters. The molecule has 0 radical (unpaired) electrons. The second-order valence-electron chi connectivity index (χ2n) is 5.05. The van der Waals surface area contributed by atoms with Gasteiger partial charge in [-0.3, -0.25) is 4.79 Å². The molecule has 0 fully saturated rings. The third-order valence-electron chi connectivity index (χ3n) is 3.67. The molecule has 0 saturated heterocycles. The van der Waals surface area contributed by atoms with Crippen molar-refractivity contribution in [1.82, 2.24) is 0 Å². The second kappa shape index (κ2) is 5.07. The van der Waals surface area contributed by atoms with Gasteiger partial charge >= 0.3 is 0 Å². The first-order valence-electron chi connectivity index (χ1n) is 6.65. The number of hydrogen-bond donors (Lipinski definition) is 0. The topological polar surface area (TPSA) is 51.2 Å². The molecule has 21 heavy (non-hydrogen) atoms. The molecule has 0 saturated carbocycles. The highest BCUT2D eigenvalue weighted by atomic mass is 32.2. The van der Waals surface area contributed by atoms with Gasteiger partial charge in [0.25, 0.3) is 0 Å². The van der Waals surface area contributed by atoms with E-state index < -0.39 is 15.7 Å². The van der Waals surface area contributed by atoms with Crippen molar-refractivity contribution in [2.45, 2.75) is 29.1 Å². The van der Waals surface area contributed by atoms with Crippen LogP contribution in [0.25, 0.3) is 0 Å². The normalized spacial score (nSPS) is 14.8. The molecule has 0 amide bonds. The van der Waals surface area contributed by atoms with Gasteiger partial charge in [-0.05, 0) is 54.8 Å². The van der Waals surface area contributed by atoms with E-state index in [1.54, 1.807) is 6.07 Å². The third kappa shape index (κ3) is 2.49. The smallest absolute Gasteiger partial charge is 0.206 e. The number of carbonyl (C=O) groups excluding carboxylic acids is 1. The van der Waals surface area contributed by atoms with Gasteiger partial charge in [0.2, 0.25) is 9.84 Å². The summed E-state index contributed by atoms with van der Waals surface area (Å²) in [6, 6.07) is 9.32. The van der Waals surface area contributed by atoms with Gasteiger partial charge in [-0.1, -0.05) is 6.07 Å². The Hall–Kier alpha value is -2.01. The van der Waals surface area contributed by atoms with Crippen molar-refractivity contribution in [1.29, 1.82) is 0 Å². The van der Waals surface area contributed by atoms with Crippen LogP contribution in [0.15, 0.2) is 52.3 Å². The molecule has 1 aliphatic rings. The molecule has 5 heteroatoms. The number of hydrogen-bond acceptors (Lipinski definition) is 3. The van der Waals surface area contributed by atoms with Crippen molar-refractivity contribution < 1.29 is 17.6 Å². The van der Waals surface area contributed by atoms with Gasteiger partial charge in [-0.2, -0.15) is 0 Å². The van der Waals surface area contributed by atoms with Crippen LogP contribution >= 0.6 is 0 Å². The van der Waals surface area contributed by atoms with E-state index in [9.17, 15) is 17.6 Å². The lowest BCUT2D eigenvalue weighted by Gasteiger charge is -2.15. The predicted molar refractivity (Wildman–Crippen MR) is 75.6 cm³/mol. The van der Waals surface area contributed by atoms with Crippen LogP contribution in [0.5, 0.6) is 0 Å². The summed E-state index contributed by atoms with van der Waals surface area (Å²) in [6.45, 7) is 0. The Bertz CT molecular complexity index is 808. The number of aryl methyl sites for hydroxylation is 1. The highest BCUT2D eigenvalue weighted by Crippen LogP contribution is 2.27. The standard InChI is InChI=1S/C16H13FO3S/c17-12-5-8-13(9-6-12)21(19,20)14-7-4-11-2-1-3-16(18)15(11)10-14/h4-10H,1-3H2. The van der Waals surface area contributed by atoms with Crippen molar-refractivity contribution in [2.24, 2.45) is 0 Å². The average Bonchev–Trinajstić information content (AvgIpc) is 2.48. The minimum Gasteiger partial charge on any atom is -0.294 e. The van der Waals surface area contributed by atoms with Crippen molar-refractivity contribution >= 4 is 15.6 Å². The van der Waals surface area contributed by atoms with Crippen molar-refractivity contribution in [3.05, 3.63) is 59.4 Å². The predicted octanol–water partition coefficient (Wildman–Crippen LogP) is 3.18. The van der Waals surface area contributed by atoms with Gasteiger partial charge in [0.1, 0.15) is 5.82 Å². The maximum atomic E-state index is 12.9. The lowest BCUT2D eigenvalue weighted by atomic mass is 9.91. The maximum absolute atomic E-state index is 12.9. The molecule has 0 N–H and O–H groups in total. The van der Waals surface area contributed by atoms with Gasteiger partial charge in [0.05, 0.1) is 9.79 Å². The number of rotatable bonds is 2. The van der Waals surface area contributed by atoms with E-state index in [4.69, 9.17) is 0 Å². The minimum atomic E-state index is -3.73. The lowest BCUT2D eigenvalue weighted by Crippen LogP contribution is -2.12. The quantitative estimate of drug-likeness (QED) is 0.801. The Morgan fingerprint density at radius 3 is 2.29 bits per heavy atom. The second-order valence-corrected chi connectivity index (χ2v) is 7.00. The molecule has 0 aromatic heterocycles. The van der Waals surface area contributed by atoms with Gasteiger partial charge in [-0.15, -0.1) is 0 Å². The van der Waals surface area contributed by atoms with Gasteiger partial charge in [0.15, 0.2) is 5.78 Å². The van der Waals surface area contributed by atoms with Crippen LogP contribution in [-0.4, -0.2) is 14.2 Å². The molecule has 0 spiro atoms. The highest BCUT2D eigenvalue weighted by Gasteiger charge is 2.23. The summed E-state index contributed by atoms with van der Waals surface area (Å²) < 4.78 is 37.9. The number of halogens is 1. The largest absolute Gasteiger partial charge is 0.294 e. The SMILES string of the molecule is O=C1CCCc2ccc(S(=O)(=O)c3ccc(F)cc3)cc21. The minimum absolute atomic E-state index is 0.0205. The first-order valence-corrected chi connectivity index (χ1v) is 8.13. The third-order valence-corrected chi connectivity index (χ3v) is 5.43. The van der Waals surface area contributed by atoms with E-state index in [0.717, 1.165) is 30.5 Å². The lowest BCUT2D eigenvalue weighted by molar-refractivity contribution is 0.0972. The van der Waals surface area contributed by atoms with Gasteiger partial charge in [0, 0.05) is 12.0 Å². The Balaban J connectivity index is 2.09. The molecule has 2 aromatic rings. The molecule has 0 aliphatic heterocycles. The fourth-order valence-corrected chi connectivity index (χ4v) is 3.81. The van der Waals surface area contributed by atoms with Crippen LogP contribution in [0, 0.1) is 5.82 Å². The fourth-order valence-electron chi connectivity index (χ4n) is 2.52. The van der Waals surface area contributed by atoms with E-state index in [1.807, 2.05) is 0 Å². The zero-order valence-corrected chi connectivity index (χ0v) is 12.0. The molecule has 3 nitrogen and oxygen atoms in total.